The van der Waals surface area contributed by atoms with Crippen molar-refractivity contribution in [3.8, 4) is 11.4 Å². The number of fused-ring (bicyclic) bond motifs is 1. The van der Waals surface area contributed by atoms with Crippen LogP contribution in [-0.2, 0) is 0 Å². The number of nitrogens with two attached hydrogens (primary N) is 1. The van der Waals surface area contributed by atoms with Crippen molar-refractivity contribution < 1.29 is 4.92 Å². The molecule has 0 bridgehead atoms. The Morgan fingerprint density at radius 3 is 2.55 bits per heavy atom. The van der Waals surface area contributed by atoms with Crippen molar-refractivity contribution in [1.82, 2.24) is 9.97 Å². The number of para-hydroxylation sites is 1. The molecule has 0 saturated heterocycles. The first-order chi connectivity index (χ1) is 10.5. The molecule has 0 fully saturated rings. The van der Waals surface area contributed by atoms with E-state index in [4.69, 9.17) is 5.73 Å². The fourth-order valence-corrected chi connectivity index (χ4v) is 2.56. The molecule has 0 unspecified atom stereocenters. The summed E-state index contributed by atoms with van der Waals surface area (Å²) >= 11 is 0. The molecule has 0 aliphatic heterocycles. The molecule has 0 atom stereocenters. The fourth-order valence-electron chi connectivity index (χ4n) is 2.56. The normalized spacial score (nSPS) is 10.8. The summed E-state index contributed by atoms with van der Waals surface area (Å²) in [6.45, 7) is 3.30. The Bertz CT molecular complexity index is 883. The second kappa shape index (κ2) is 5.07. The fraction of sp³-hybridized carbons (Fsp3) is 0.125. The molecule has 3 aromatic rings. The third kappa shape index (κ3) is 2.24. The highest BCUT2D eigenvalue weighted by Gasteiger charge is 2.19. The van der Waals surface area contributed by atoms with Gasteiger partial charge < -0.3 is 5.73 Å². The van der Waals surface area contributed by atoms with E-state index in [1.54, 1.807) is 19.9 Å². The lowest BCUT2D eigenvalue weighted by atomic mass is 10.1. The van der Waals surface area contributed by atoms with Gasteiger partial charge in [-0.05, 0) is 32.0 Å². The molecule has 3 rings (SSSR count). The second-order valence-corrected chi connectivity index (χ2v) is 5.13. The van der Waals surface area contributed by atoms with Crippen molar-refractivity contribution in [3.05, 3.63) is 57.8 Å². The molecule has 2 aromatic heterocycles. The van der Waals surface area contributed by atoms with Gasteiger partial charge >= 0.3 is 0 Å². The summed E-state index contributed by atoms with van der Waals surface area (Å²) in [5.41, 5.74) is 9.40. The van der Waals surface area contributed by atoms with Gasteiger partial charge in [-0.3, -0.25) is 10.1 Å². The SMILES string of the molecule is Cc1cc(-c2nc3ccccc3cc2N)nc(C)c1[N+](=O)[O-]. The molecule has 6 nitrogen and oxygen atoms in total. The lowest BCUT2D eigenvalue weighted by Crippen LogP contribution is -2.02. The average molecular weight is 294 g/mol. The maximum absolute atomic E-state index is 11.1. The maximum Gasteiger partial charge on any atom is 0.293 e. The van der Waals surface area contributed by atoms with Crippen LogP contribution < -0.4 is 5.73 Å². The van der Waals surface area contributed by atoms with Gasteiger partial charge in [0.25, 0.3) is 5.69 Å². The van der Waals surface area contributed by atoms with Crippen molar-refractivity contribution in [1.29, 1.82) is 0 Å². The van der Waals surface area contributed by atoms with Crippen LogP contribution in [0.15, 0.2) is 36.4 Å². The number of anilines is 1. The number of aryl methyl sites for hydroxylation is 2. The number of benzene rings is 1. The predicted molar refractivity (Wildman–Crippen MR) is 85.5 cm³/mol. The maximum atomic E-state index is 11.1. The molecule has 22 heavy (non-hydrogen) atoms. The number of hydrogen-bond donors (Lipinski definition) is 1. The van der Waals surface area contributed by atoms with Crippen LogP contribution in [0.5, 0.6) is 0 Å². The van der Waals surface area contributed by atoms with Crippen molar-refractivity contribution in [2.75, 3.05) is 5.73 Å². The summed E-state index contributed by atoms with van der Waals surface area (Å²) < 4.78 is 0. The molecule has 2 heterocycles. The van der Waals surface area contributed by atoms with Crippen molar-refractivity contribution in [2.45, 2.75) is 13.8 Å². The molecule has 0 radical (unpaired) electrons. The van der Waals surface area contributed by atoms with Crippen LogP contribution >= 0.6 is 0 Å². The zero-order valence-corrected chi connectivity index (χ0v) is 12.2. The molecular weight excluding hydrogens is 280 g/mol. The smallest absolute Gasteiger partial charge is 0.293 e. The molecule has 0 aliphatic carbocycles. The predicted octanol–water partition coefficient (Wildman–Crippen LogP) is 3.40. The largest absolute Gasteiger partial charge is 0.397 e. The lowest BCUT2D eigenvalue weighted by molar-refractivity contribution is -0.386. The third-order valence-electron chi connectivity index (χ3n) is 3.54. The van der Waals surface area contributed by atoms with Gasteiger partial charge in [0.2, 0.25) is 0 Å². The van der Waals surface area contributed by atoms with E-state index in [9.17, 15) is 10.1 Å². The van der Waals surface area contributed by atoms with E-state index in [-0.39, 0.29) is 5.69 Å². The number of rotatable bonds is 2. The monoisotopic (exact) mass is 294 g/mol. The summed E-state index contributed by atoms with van der Waals surface area (Å²) in [5.74, 6) is 0. The van der Waals surface area contributed by atoms with Gasteiger partial charge in [-0.25, -0.2) is 9.97 Å². The van der Waals surface area contributed by atoms with Gasteiger partial charge in [0.05, 0.1) is 21.8 Å². The third-order valence-corrected chi connectivity index (χ3v) is 3.54. The Balaban J connectivity index is 2.23. The highest BCUT2D eigenvalue weighted by molar-refractivity contribution is 5.87. The molecule has 0 spiro atoms. The van der Waals surface area contributed by atoms with E-state index in [0.29, 0.717) is 28.3 Å². The van der Waals surface area contributed by atoms with E-state index in [0.717, 1.165) is 10.9 Å². The van der Waals surface area contributed by atoms with Crippen LogP contribution in [0.25, 0.3) is 22.3 Å². The van der Waals surface area contributed by atoms with Crippen molar-refractivity contribution >= 4 is 22.3 Å². The number of nitrogen functional groups attached to an aromatic ring is 1. The Hall–Kier alpha value is -3.02. The zero-order chi connectivity index (χ0) is 15.9. The molecule has 2 N–H and O–H groups in total. The Morgan fingerprint density at radius 1 is 1.14 bits per heavy atom. The van der Waals surface area contributed by atoms with Gasteiger partial charge in [0.1, 0.15) is 11.4 Å². The van der Waals surface area contributed by atoms with Crippen LogP contribution in [0.3, 0.4) is 0 Å². The Morgan fingerprint density at radius 2 is 1.86 bits per heavy atom. The Kier molecular flexibility index (Phi) is 3.21. The van der Waals surface area contributed by atoms with E-state index < -0.39 is 4.92 Å². The van der Waals surface area contributed by atoms with Gasteiger partial charge in [0, 0.05) is 10.9 Å². The van der Waals surface area contributed by atoms with E-state index >= 15 is 0 Å². The first-order valence-corrected chi connectivity index (χ1v) is 6.75. The standard InChI is InChI=1S/C16H14N4O2/c1-9-7-14(18-10(2)16(9)20(21)22)15-12(17)8-11-5-3-4-6-13(11)19-15/h3-8H,17H2,1-2H3. The first kappa shape index (κ1) is 13.9. The highest BCUT2D eigenvalue weighted by Crippen LogP contribution is 2.30. The quantitative estimate of drug-likeness (QED) is 0.577. The first-order valence-electron chi connectivity index (χ1n) is 6.75. The van der Waals surface area contributed by atoms with E-state index in [1.807, 2.05) is 30.3 Å². The highest BCUT2D eigenvalue weighted by atomic mass is 16.6. The average Bonchev–Trinajstić information content (AvgIpc) is 2.45. The summed E-state index contributed by atoms with van der Waals surface area (Å²) in [4.78, 5) is 19.5. The van der Waals surface area contributed by atoms with Gasteiger partial charge in [-0.2, -0.15) is 0 Å². The number of aromatic nitrogens is 2. The van der Waals surface area contributed by atoms with Gasteiger partial charge in [-0.15, -0.1) is 0 Å². The zero-order valence-electron chi connectivity index (χ0n) is 12.2. The summed E-state index contributed by atoms with van der Waals surface area (Å²) in [7, 11) is 0. The minimum atomic E-state index is -0.418. The lowest BCUT2D eigenvalue weighted by Gasteiger charge is -2.09. The number of nitro groups is 1. The molecule has 110 valence electrons. The summed E-state index contributed by atoms with van der Waals surface area (Å²) in [6, 6.07) is 11.1. The van der Waals surface area contributed by atoms with Crippen LogP contribution in [0, 0.1) is 24.0 Å². The van der Waals surface area contributed by atoms with Crippen LogP contribution in [-0.4, -0.2) is 14.9 Å². The number of hydrogen-bond acceptors (Lipinski definition) is 5. The molecule has 0 saturated carbocycles. The van der Waals surface area contributed by atoms with Crippen molar-refractivity contribution in [3.63, 3.8) is 0 Å². The topological polar surface area (TPSA) is 94.9 Å². The minimum Gasteiger partial charge on any atom is -0.397 e. The van der Waals surface area contributed by atoms with E-state index in [2.05, 4.69) is 9.97 Å². The Labute approximate surface area is 126 Å². The summed E-state index contributed by atoms with van der Waals surface area (Å²) in [6.07, 6.45) is 0. The second-order valence-electron chi connectivity index (χ2n) is 5.13. The minimum absolute atomic E-state index is 0.0307. The molecule has 0 aliphatic rings. The number of nitrogens with zero attached hydrogens (tertiary/aromatic N) is 3. The number of pyridine rings is 2. The van der Waals surface area contributed by atoms with Gasteiger partial charge in [-0.1, -0.05) is 18.2 Å². The van der Waals surface area contributed by atoms with E-state index in [1.165, 1.54) is 0 Å². The van der Waals surface area contributed by atoms with Crippen LogP contribution in [0.4, 0.5) is 11.4 Å². The van der Waals surface area contributed by atoms with Crippen molar-refractivity contribution in [2.24, 2.45) is 0 Å². The molecule has 1 aromatic carbocycles. The van der Waals surface area contributed by atoms with Crippen LogP contribution in [0.1, 0.15) is 11.3 Å². The molecule has 0 amide bonds. The molecular formula is C16H14N4O2. The van der Waals surface area contributed by atoms with Gasteiger partial charge in [0.15, 0.2) is 0 Å². The molecule has 6 heteroatoms. The summed E-state index contributed by atoms with van der Waals surface area (Å²) in [5, 5.41) is 12.0. The van der Waals surface area contributed by atoms with Crippen LogP contribution in [0.2, 0.25) is 0 Å².